The zero-order chi connectivity index (χ0) is 17.2. The lowest BCUT2D eigenvalue weighted by atomic mass is 10.0. The Labute approximate surface area is 146 Å². The zero-order valence-corrected chi connectivity index (χ0v) is 13.7. The van der Waals surface area contributed by atoms with Crippen LogP contribution in [0.3, 0.4) is 0 Å². The smallest absolute Gasteiger partial charge is 0.228 e. The van der Waals surface area contributed by atoms with Gasteiger partial charge in [-0.25, -0.2) is 0 Å². The van der Waals surface area contributed by atoms with Gasteiger partial charge in [0.15, 0.2) is 0 Å². The Bertz CT molecular complexity index is 950. The molecule has 0 spiro atoms. The van der Waals surface area contributed by atoms with Gasteiger partial charge in [-0.2, -0.15) is 0 Å². The second-order valence-corrected chi connectivity index (χ2v) is 6.35. The van der Waals surface area contributed by atoms with E-state index >= 15 is 0 Å². The van der Waals surface area contributed by atoms with Gasteiger partial charge in [0.05, 0.1) is 6.42 Å². The second-order valence-electron chi connectivity index (χ2n) is 6.35. The molecule has 0 fully saturated rings. The summed E-state index contributed by atoms with van der Waals surface area (Å²) in [7, 11) is 0. The van der Waals surface area contributed by atoms with Crippen molar-refractivity contribution in [3.05, 3.63) is 77.6 Å². The van der Waals surface area contributed by atoms with E-state index in [2.05, 4.69) is 16.4 Å². The Kier molecular flexibility index (Phi) is 3.94. The number of amides is 1. The first-order valence-electron chi connectivity index (χ1n) is 8.32. The molecule has 1 aromatic heterocycles. The summed E-state index contributed by atoms with van der Waals surface area (Å²) in [4.78, 5) is 15.9. The fourth-order valence-corrected chi connectivity index (χ4v) is 3.18. The van der Waals surface area contributed by atoms with E-state index in [4.69, 9.17) is 0 Å². The lowest BCUT2D eigenvalue weighted by Crippen LogP contribution is -2.03. The summed E-state index contributed by atoms with van der Waals surface area (Å²) in [6.45, 7) is 0. The van der Waals surface area contributed by atoms with E-state index < -0.39 is 0 Å². The standard InChI is InChI=1S/C21H18N2O2/c24-19-3-1-2-14(9-19)4-5-15-8-18(13-22-12-15)16-6-7-17-11-21(25)23-20(17)10-16/h1-3,6-10,12-13,24H,4-5,11H2,(H,23,25). The van der Waals surface area contributed by atoms with Gasteiger partial charge in [0.25, 0.3) is 0 Å². The van der Waals surface area contributed by atoms with Gasteiger partial charge in [-0.3, -0.25) is 9.78 Å². The van der Waals surface area contributed by atoms with Crippen LogP contribution in [0.15, 0.2) is 60.9 Å². The van der Waals surface area contributed by atoms with Crippen molar-refractivity contribution in [1.82, 2.24) is 4.98 Å². The summed E-state index contributed by atoms with van der Waals surface area (Å²) >= 11 is 0. The number of anilines is 1. The van der Waals surface area contributed by atoms with Gasteiger partial charge in [-0.15, -0.1) is 0 Å². The van der Waals surface area contributed by atoms with Gasteiger partial charge in [0, 0.05) is 23.6 Å². The van der Waals surface area contributed by atoms with Crippen LogP contribution in [0, 0.1) is 0 Å². The van der Waals surface area contributed by atoms with Gasteiger partial charge in [-0.05, 0) is 59.4 Å². The molecule has 4 heteroatoms. The SMILES string of the molecule is O=C1Cc2ccc(-c3cncc(CCc4cccc(O)c4)c3)cc2N1. The topological polar surface area (TPSA) is 62.2 Å². The molecule has 25 heavy (non-hydrogen) atoms. The molecule has 4 rings (SSSR count). The average Bonchev–Trinajstić information content (AvgIpc) is 2.99. The number of pyridine rings is 1. The number of aryl methyl sites for hydroxylation is 2. The number of phenolic OH excluding ortho intramolecular Hbond substituents is 1. The molecule has 0 saturated carbocycles. The van der Waals surface area contributed by atoms with Crippen LogP contribution < -0.4 is 5.32 Å². The monoisotopic (exact) mass is 330 g/mol. The highest BCUT2D eigenvalue weighted by Gasteiger charge is 2.17. The number of nitrogens with one attached hydrogen (secondary N) is 1. The van der Waals surface area contributed by atoms with Crippen molar-refractivity contribution in [3.63, 3.8) is 0 Å². The average molecular weight is 330 g/mol. The second kappa shape index (κ2) is 6.40. The van der Waals surface area contributed by atoms with Crippen molar-refractivity contribution >= 4 is 11.6 Å². The number of carbonyl (C=O) groups excluding carboxylic acids is 1. The zero-order valence-electron chi connectivity index (χ0n) is 13.7. The molecule has 0 radical (unpaired) electrons. The molecule has 1 aliphatic rings. The molecule has 2 N–H and O–H groups in total. The molecular formula is C21H18N2O2. The van der Waals surface area contributed by atoms with Crippen LogP contribution in [0.25, 0.3) is 11.1 Å². The maximum absolute atomic E-state index is 11.5. The summed E-state index contributed by atoms with van der Waals surface area (Å²) in [5.41, 5.74) is 6.27. The molecule has 1 amide bonds. The molecular weight excluding hydrogens is 312 g/mol. The number of hydrogen-bond acceptors (Lipinski definition) is 3. The van der Waals surface area contributed by atoms with Crippen LogP contribution in [-0.2, 0) is 24.1 Å². The van der Waals surface area contributed by atoms with Crippen LogP contribution in [0.1, 0.15) is 16.7 Å². The number of hydrogen-bond donors (Lipinski definition) is 2. The van der Waals surface area contributed by atoms with E-state index in [0.29, 0.717) is 12.2 Å². The fourth-order valence-electron chi connectivity index (χ4n) is 3.18. The van der Waals surface area contributed by atoms with Crippen LogP contribution in [0.2, 0.25) is 0 Å². The van der Waals surface area contributed by atoms with Crippen molar-refractivity contribution in [1.29, 1.82) is 0 Å². The highest BCUT2D eigenvalue weighted by molar-refractivity contribution is 5.99. The molecule has 1 aliphatic heterocycles. The summed E-state index contributed by atoms with van der Waals surface area (Å²) in [5, 5.41) is 12.4. The summed E-state index contributed by atoms with van der Waals surface area (Å²) < 4.78 is 0. The van der Waals surface area contributed by atoms with Crippen molar-refractivity contribution in [3.8, 4) is 16.9 Å². The Morgan fingerprint density at radius 1 is 0.960 bits per heavy atom. The Morgan fingerprint density at radius 2 is 1.84 bits per heavy atom. The van der Waals surface area contributed by atoms with Gasteiger partial charge in [-0.1, -0.05) is 24.3 Å². The lowest BCUT2D eigenvalue weighted by Gasteiger charge is -2.07. The largest absolute Gasteiger partial charge is 0.508 e. The third-order valence-corrected chi connectivity index (χ3v) is 4.48. The lowest BCUT2D eigenvalue weighted by molar-refractivity contribution is -0.115. The molecule has 0 saturated heterocycles. The Balaban J connectivity index is 1.54. The van der Waals surface area contributed by atoms with Crippen LogP contribution in [0.5, 0.6) is 5.75 Å². The predicted octanol–water partition coefficient (Wildman–Crippen LogP) is 3.73. The number of benzene rings is 2. The van der Waals surface area contributed by atoms with Gasteiger partial charge in [0.2, 0.25) is 5.91 Å². The van der Waals surface area contributed by atoms with Crippen molar-refractivity contribution in [2.75, 3.05) is 5.32 Å². The van der Waals surface area contributed by atoms with Crippen molar-refractivity contribution < 1.29 is 9.90 Å². The van der Waals surface area contributed by atoms with E-state index in [9.17, 15) is 9.90 Å². The van der Waals surface area contributed by atoms with E-state index in [0.717, 1.165) is 46.3 Å². The molecule has 0 atom stereocenters. The third-order valence-electron chi connectivity index (χ3n) is 4.48. The minimum Gasteiger partial charge on any atom is -0.508 e. The number of aromatic nitrogens is 1. The first kappa shape index (κ1) is 15.4. The van der Waals surface area contributed by atoms with Crippen molar-refractivity contribution in [2.24, 2.45) is 0 Å². The summed E-state index contributed by atoms with van der Waals surface area (Å²) in [5.74, 6) is 0.342. The van der Waals surface area contributed by atoms with Crippen LogP contribution in [-0.4, -0.2) is 16.0 Å². The Morgan fingerprint density at radius 3 is 2.72 bits per heavy atom. The number of rotatable bonds is 4. The van der Waals surface area contributed by atoms with Crippen LogP contribution >= 0.6 is 0 Å². The number of aromatic hydroxyl groups is 1. The molecule has 3 aromatic rings. The third kappa shape index (κ3) is 3.38. The predicted molar refractivity (Wildman–Crippen MR) is 97.5 cm³/mol. The fraction of sp³-hybridized carbons (Fsp3) is 0.143. The summed E-state index contributed by atoms with van der Waals surface area (Å²) in [6, 6.07) is 15.5. The van der Waals surface area contributed by atoms with Gasteiger partial charge >= 0.3 is 0 Å². The maximum atomic E-state index is 11.5. The van der Waals surface area contributed by atoms with E-state index in [1.807, 2.05) is 42.7 Å². The number of phenols is 1. The number of fused-ring (bicyclic) bond motifs is 1. The molecule has 2 heterocycles. The maximum Gasteiger partial charge on any atom is 0.228 e. The minimum atomic E-state index is 0.0464. The van der Waals surface area contributed by atoms with E-state index in [-0.39, 0.29) is 5.91 Å². The van der Waals surface area contributed by atoms with Gasteiger partial charge < -0.3 is 10.4 Å². The number of carbonyl (C=O) groups is 1. The Hall–Kier alpha value is -3.14. The van der Waals surface area contributed by atoms with E-state index in [1.54, 1.807) is 12.1 Å². The van der Waals surface area contributed by atoms with Gasteiger partial charge in [0.1, 0.15) is 5.75 Å². The first-order valence-corrected chi connectivity index (χ1v) is 8.32. The molecule has 124 valence electrons. The first-order chi connectivity index (χ1) is 12.2. The molecule has 0 aliphatic carbocycles. The normalized spacial score (nSPS) is 12.7. The molecule has 0 bridgehead atoms. The minimum absolute atomic E-state index is 0.0464. The highest BCUT2D eigenvalue weighted by atomic mass is 16.3. The van der Waals surface area contributed by atoms with E-state index in [1.165, 1.54) is 0 Å². The van der Waals surface area contributed by atoms with Crippen molar-refractivity contribution in [2.45, 2.75) is 19.3 Å². The molecule has 0 unspecified atom stereocenters. The van der Waals surface area contributed by atoms with Crippen LogP contribution in [0.4, 0.5) is 5.69 Å². The quantitative estimate of drug-likeness (QED) is 0.766. The highest BCUT2D eigenvalue weighted by Crippen LogP contribution is 2.29. The molecule has 4 nitrogen and oxygen atoms in total. The molecule has 2 aromatic carbocycles. The summed E-state index contributed by atoms with van der Waals surface area (Å²) in [6.07, 6.45) is 5.88. The number of nitrogens with zero attached hydrogens (tertiary/aromatic N) is 1.